The third-order valence-corrected chi connectivity index (χ3v) is 5.46. The molecule has 0 radical (unpaired) electrons. The Morgan fingerprint density at radius 1 is 0.944 bits per heavy atom. The third kappa shape index (κ3) is 5.96. The van der Waals surface area contributed by atoms with Gasteiger partial charge in [-0.1, -0.05) is 54.6 Å². The van der Waals surface area contributed by atoms with Gasteiger partial charge in [0.2, 0.25) is 0 Å². The van der Waals surface area contributed by atoms with Crippen LogP contribution in [-0.4, -0.2) is 18.5 Å². The quantitative estimate of drug-likeness (QED) is 0.187. The molecular formula is C30H24N2O4. The lowest BCUT2D eigenvalue weighted by Crippen LogP contribution is -2.13. The second kappa shape index (κ2) is 11.5. The van der Waals surface area contributed by atoms with Crippen LogP contribution in [0.15, 0.2) is 96.6 Å². The average Bonchev–Trinajstić information content (AvgIpc) is 2.91. The highest BCUT2D eigenvalue weighted by Crippen LogP contribution is 2.22. The number of carbonyl (C=O) groups is 2. The lowest BCUT2D eigenvalue weighted by atomic mass is 10.1. The van der Waals surface area contributed by atoms with Gasteiger partial charge in [-0.2, -0.15) is 5.26 Å². The molecule has 6 nitrogen and oxygen atoms in total. The van der Waals surface area contributed by atoms with Gasteiger partial charge < -0.3 is 14.8 Å². The fraction of sp³-hybridized carbons (Fsp3) is 0.100. The van der Waals surface area contributed by atoms with Crippen molar-refractivity contribution < 1.29 is 19.1 Å². The molecule has 0 spiro atoms. The number of benzene rings is 4. The molecule has 178 valence electrons. The lowest BCUT2D eigenvalue weighted by molar-refractivity contribution is -0.112. The molecule has 1 amide bonds. The Morgan fingerprint density at radius 3 is 2.47 bits per heavy atom. The topological polar surface area (TPSA) is 88.4 Å². The molecule has 0 aliphatic carbocycles. The Labute approximate surface area is 209 Å². The number of anilines is 1. The number of carbonyl (C=O) groups excluding carboxylic acids is 2. The second-order valence-corrected chi connectivity index (χ2v) is 7.92. The maximum atomic E-state index is 12.7. The Hall–Kier alpha value is -4.89. The fourth-order valence-corrected chi connectivity index (χ4v) is 3.69. The molecular weight excluding hydrogens is 452 g/mol. The minimum absolute atomic E-state index is 0.0596. The standard InChI is InChI=1S/C30H24N2O4/c1-2-35-30(34)23-13-15-26(16-14-23)32-29(33)25(19-31)17-21-7-5-11-27(18-21)36-20-24-10-6-9-22-8-3-4-12-28(22)24/h3-18H,2,20H2,1H3,(H,32,33)/b25-17+. The number of hydrogen-bond donors (Lipinski definition) is 1. The summed E-state index contributed by atoms with van der Waals surface area (Å²) in [7, 11) is 0. The summed E-state index contributed by atoms with van der Waals surface area (Å²) in [6.45, 7) is 2.40. The molecule has 1 N–H and O–H groups in total. The number of rotatable bonds is 8. The van der Waals surface area contributed by atoms with Crippen molar-refractivity contribution in [2.45, 2.75) is 13.5 Å². The molecule has 0 saturated carbocycles. The van der Waals surface area contributed by atoms with Crippen molar-refractivity contribution in [3.05, 3.63) is 113 Å². The van der Waals surface area contributed by atoms with Crippen LogP contribution in [0.3, 0.4) is 0 Å². The molecule has 0 unspecified atom stereocenters. The summed E-state index contributed by atoms with van der Waals surface area (Å²) in [4.78, 5) is 24.4. The highest BCUT2D eigenvalue weighted by molar-refractivity contribution is 6.09. The third-order valence-electron chi connectivity index (χ3n) is 5.46. The molecule has 36 heavy (non-hydrogen) atoms. The molecule has 0 fully saturated rings. The number of hydrogen-bond acceptors (Lipinski definition) is 5. The van der Waals surface area contributed by atoms with Crippen molar-refractivity contribution >= 4 is 34.4 Å². The van der Waals surface area contributed by atoms with E-state index in [1.807, 2.05) is 42.5 Å². The van der Waals surface area contributed by atoms with Crippen LogP contribution in [0.2, 0.25) is 0 Å². The van der Waals surface area contributed by atoms with Gasteiger partial charge in [-0.05, 0) is 71.3 Å². The highest BCUT2D eigenvalue weighted by Gasteiger charge is 2.11. The zero-order chi connectivity index (χ0) is 25.3. The molecule has 4 aromatic carbocycles. The molecule has 0 bridgehead atoms. The minimum atomic E-state index is -0.552. The van der Waals surface area contributed by atoms with E-state index >= 15 is 0 Å². The summed E-state index contributed by atoms with van der Waals surface area (Å²) >= 11 is 0. The molecule has 4 rings (SSSR count). The Balaban J connectivity index is 1.44. The normalized spacial score (nSPS) is 10.9. The van der Waals surface area contributed by atoms with E-state index in [1.54, 1.807) is 43.3 Å². The van der Waals surface area contributed by atoms with Crippen LogP contribution >= 0.6 is 0 Å². The van der Waals surface area contributed by atoms with Crippen LogP contribution in [0.25, 0.3) is 16.8 Å². The molecule has 0 atom stereocenters. The van der Waals surface area contributed by atoms with Gasteiger partial charge >= 0.3 is 5.97 Å². The molecule has 4 aromatic rings. The first-order valence-electron chi connectivity index (χ1n) is 11.5. The van der Waals surface area contributed by atoms with Crippen LogP contribution in [0, 0.1) is 11.3 Å². The molecule has 0 aromatic heterocycles. The van der Waals surface area contributed by atoms with Crippen LogP contribution in [-0.2, 0) is 16.1 Å². The Morgan fingerprint density at radius 2 is 1.69 bits per heavy atom. The summed E-state index contributed by atoms with van der Waals surface area (Å²) in [6, 6.07) is 29.7. The van der Waals surface area contributed by atoms with Crippen molar-refractivity contribution in [2.75, 3.05) is 11.9 Å². The molecule has 0 aliphatic heterocycles. The summed E-state index contributed by atoms with van der Waals surface area (Å²) < 4.78 is 11.0. The number of nitriles is 1. The maximum absolute atomic E-state index is 12.7. The van der Waals surface area contributed by atoms with Gasteiger partial charge in [0, 0.05) is 5.69 Å². The summed E-state index contributed by atoms with van der Waals surface area (Å²) in [6.07, 6.45) is 1.51. The van der Waals surface area contributed by atoms with E-state index in [0.29, 0.717) is 29.2 Å². The minimum Gasteiger partial charge on any atom is -0.489 e. The van der Waals surface area contributed by atoms with Crippen LogP contribution < -0.4 is 10.1 Å². The molecule has 6 heteroatoms. The largest absolute Gasteiger partial charge is 0.489 e. The van der Waals surface area contributed by atoms with E-state index in [1.165, 1.54) is 6.08 Å². The summed E-state index contributed by atoms with van der Waals surface area (Å²) in [5.41, 5.74) is 2.51. The number of ether oxygens (including phenoxy) is 2. The van der Waals surface area contributed by atoms with Crippen LogP contribution in [0.1, 0.15) is 28.4 Å². The van der Waals surface area contributed by atoms with E-state index in [-0.39, 0.29) is 12.2 Å². The van der Waals surface area contributed by atoms with Crippen molar-refractivity contribution in [3.8, 4) is 11.8 Å². The zero-order valence-corrected chi connectivity index (χ0v) is 19.7. The van der Waals surface area contributed by atoms with E-state index in [9.17, 15) is 14.9 Å². The predicted molar refractivity (Wildman–Crippen MR) is 139 cm³/mol. The van der Waals surface area contributed by atoms with Gasteiger partial charge in [0.15, 0.2) is 0 Å². The first-order valence-corrected chi connectivity index (χ1v) is 11.5. The van der Waals surface area contributed by atoms with Crippen molar-refractivity contribution in [1.29, 1.82) is 5.26 Å². The van der Waals surface area contributed by atoms with Gasteiger partial charge in [-0.15, -0.1) is 0 Å². The SMILES string of the molecule is CCOC(=O)c1ccc(NC(=O)/C(C#N)=C/c2cccc(OCc3cccc4ccccc34)c2)cc1. The second-order valence-electron chi connectivity index (χ2n) is 7.92. The predicted octanol–water partition coefficient (Wildman–Crippen LogP) is 6.14. The Bertz CT molecular complexity index is 1460. The molecule has 0 aliphatic rings. The number of fused-ring (bicyclic) bond motifs is 1. The average molecular weight is 477 g/mol. The molecule has 0 heterocycles. The maximum Gasteiger partial charge on any atom is 0.338 e. The van der Waals surface area contributed by atoms with Gasteiger partial charge in [0.25, 0.3) is 5.91 Å². The Kier molecular flexibility index (Phi) is 7.74. The van der Waals surface area contributed by atoms with Gasteiger partial charge in [0.1, 0.15) is 24.0 Å². The fourth-order valence-electron chi connectivity index (χ4n) is 3.69. The molecule has 0 saturated heterocycles. The summed E-state index contributed by atoms with van der Waals surface area (Å²) in [5.74, 6) is -0.358. The van der Waals surface area contributed by atoms with Crippen molar-refractivity contribution in [2.24, 2.45) is 0 Å². The van der Waals surface area contributed by atoms with Crippen LogP contribution in [0.5, 0.6) is 5.75 Å². The van der Waals surface area contributed by atoms with Crippen molar-refractivity contribution in [1.82, 2.24) is 0 Å². The first kappa shape index (κ1) is 24.2. The highest BCUT2D eigenvalue weighted by atomic mass is 16.5. The number of nitrogens with zero attached hydrogens (tertiary/aromatic N) is 1. The zero-order valence-electron chi connectivity index (χ0n) is 19.7. The van der Waals surface area contributed by atoms with E-state index in [2.05, 4.69) is 23.5 Å². The van der Waals surface area contributed by atoms with Crippen LogP contribution in [0.4, 0.5) is 5.69 Å². The van der Waals surface area contributed by atoms with Gasteiger partial charge in [-0.3, -0.25) is 4.79 Å². The van der Waals surface area contributed by atoms with E-state index < -0.39 is 11.9 Å². The summed E-state index contributed by atoms with van der Waals surface area (Å²) in [5, 5.41) is 14.5. The van der Waals surface area contributed by atoms with Crippen molar-refractivity contribution in [3.63, 3.8) is 0 Å². The van der Waals surface area contributed by atoms with E-state index in [4.69, 9.17) is 9.47 Å². The lowest BCUT2D eigenvalue weighted by Gasteiger charge is -2.10. The number of nitrogens with one attached hydrogen (secondary N) is 1. The first-order chi connectivity index (χ1) is 17.6. The number of amides is 1. The smallest absolute Gasteiger partial charge is 0.338 e. The van der Waals surface area contributed by atoms with Gasteiger partial charge in [-0.25, -0.2) is 4.79 Å². The monoisotopic (exact) mass is 476 g/mol. The number of esters is 1. The van der Waals surface area contributed by atoms with E-state index in [0.717, 1.165) is 16.3 Å². The van der Waals surface area contributed by atoms with Gasteiger partial charge in [0.05, 0.1) is 12.2 Å².